The van der Waals surface area contributed by atoms with Crippen LogP contribution in [0.3, 0.4) is 0 Å². The Morgan fingerprint density at radius 2 is 2.27 bits per heavy atom. The van der Waals surface area contributed by atoms with E-state index in [9.17, 15) is 4.79 Å². The van der Waals surface area contributed by atoms with Crippen LogP contribution in [0.4, 0.5) is 0 Å². The molecule has 0 saturated heterocycles. The van der Waals surface area contributed by atoms with Crippen molar-refractivity contribution < 1.29 is 15.0 Å². The van der Waals surface area contributed by atoms with Gasteiger partial charge in [0.05, 0.1) is 6.61 Å². The summed E-state index contributed by atoms with van der Waals surface area (Å²) in [6, 6.07) is -0.949. The van der Waals surface area contributed by atoms with Crippen molar-refractivity contribution in [2.75, 3.05) is 6.61 Å². The number of rotatable bonds is 4. The van der Waals surface area contributed by atoms with Gasteiger partial charge in [-0.15, -0.1) is 0 Å². The SMILES string of the molecule is NC(C/C=C(/Cl)CO)C(=O)O. The minimum atomic E-state index is -1.08. The van der Waals surface area contributed by atoms with Crippen LogP contribution in [0.25, 0.3) is 0 Å². The summed E-state index contributed by atoms with van der Waals surface area (Å²) >= 11 is 5.38. The molecule has 11 heavy (non-hydrogen) atoms. The van der Waals surface area contributed by atoms with Crippen LogP contribution in [0.5, 0.6) is 0 Å². The summed E-state index contributed by atoms with van der Waals surface area (Å²) in [4.78, 5) is 10.1. The van der Waals surface area contributed by atoms with Crippen molar-refractivity contribution in [1.29, 1.82) is 0 Å². The highest BCUT2D eigenvalue weighted by Gasteiger charge is 2.08. The fourth-order valence-electron chi connectivity index (χ4n) is 0.420. The third-order valence-electron chi connectivity index (χ3n) is 1.06. The van der Waals surface area contributed by atoms with Crippen LogP contribution in [0.15, 0.2) is 11.1 Å². The van der Waals surface area contributed by atoms with Crippen molar-refractivity contribution >= 4 is 17.6 Å². The Hall–Kier alpha value is -0.580. The maximum atomic E-state index is 10.1. The van der Waals surface area contributed by atoms with E-state index < -0.39 is 12.0 Å². The molecule has 0 aliphatic heterocycles. The Balaban J connectivity index is 3.78. The van der Waals surface area contributed by atoms with Gasteiger partial charge in [-0.1, -0.05) is 17.7 Å². The molecular weight excluding hydrogens is 170 g/mol. The van der Waals surface area contributed by atoms with Crippen LogP contribution in [0.1, 0.15) is 6.42 Å². The van der Waals surface area contributed by atoms with Crippen LogP contribution < -0.4 is 5.73 Å². The Kier molecular flexibility index (Phi) is 4.85. The summed E-state index contributed by atoms with van der Waals surface area (Å²) < 4.78 is 0. The third kappa shape index (κ3) is 4.78. The minimum Gasteiger partial charge on any atom is -0.480 e. The van der Waals surface area contributed by atoms with Gasteiger partial charge in [0.1, 0.15) is 6.04 Å². The van der Waals surface area contributed by atoms with Gasteiger partial charge < -0.3 is 15.9 Å². The minimum absolute atomic E-state index is 0.134. The fourth-order valence-corrected chi connectivity index (χ4v) is 0.509. The number of hydrogen-bond donors (Lipinski definition) is 3. The quantitative estimate of drug-likeness (QED) is 0.563. The maximum absolute atomic E-state index is 10.1. The Bertz CT molecular complexity index is 169. The van der Waals surface area contributed by atoms with Gasteiger partial charge in [0.2, 0.25) is 0 Å². The lowest BCUT2D eigenvalue weighted by molar-refractivity contribution is -0.138. The predicted octanol–water partition coefficient (Wildman–Crippen LogP) is -0.0966. The Morgan fingerprint density at radius 1 is 1.73 bits per heavy atom. The highest BCUT2D eigenvalue weighted by molar-refractivity contribution is 6.29. The molecule has 0 rings (SSSR count). The molecule has 4 nitrogen and oxygen atoms in total. The van der Waals surface area contributed by atoms with Gasteiger partial charge in [0, 0.05) is 5.03 Å². The lowest BCUT2D eigenvalue weighted by Gasteiger charge is -2.00. The zero-order valence-corrected chi connectivity index (χ0v) is 6.58. The molecule has 0 aliphatic rings. The van der Waals surface area contributed by atoms with E-state index in [0.717, 1.165) is 0 Å². The highest BCUT2D eigenvalue weighted by Crippen LogP contribution is 2.02. The third-order valence-corrected chi connectivity index (χ3v) is 1.34. The van der Waals surface area contributed by atoms with E-state index in [4.69, 9.17) is 27.5 Å². The van der Waals surface area contributed by atoms with Gasteiger partial charge in [0.25, 0.3) is 0 Å². The number of hydrogen-bond acceptors (Lipinski definition) is 3. The molecule has 0 amide bonds. The monoisotopic (exact) mass is 179 g/mol. The van der Waals surface area contributed by atoms with Crippen molar-refractivity contribution in [2.24, 2.45) is 5.73 Å². The van der Waals surface area contributed by atoms with Crippen molar-refractivity contribution in [1.82, 2.24) is 0 Å². The topological polar surface area (TPSA) is 83.5 Å². The van der Waals surface area contributed by atoms with Crippen molar-refractivity contribution in [3.05, 3.63) is 11.1 Å². The molecule has 0 aromatic heterocycles. The first-order chi connectivity index (χ1) is 5.07. The van der Waals surface area contributed by atoms with Crippen LogP contribution in [0, 0.1) is 0 Å². The van der Waals surface area contributed by atoms with E-state index in [1.807, 2.05) is 0 Å². The van der Waals surface area contributed by atoms with Gasteiger partial charge in [-0.2, -0.15) is 0 Å². The van der Waals surface area contributed by atoms with Gasteiger partial charge >= 0.3 is 5.97 Å². The van der Waals surface area contributed by atoms with Gasteiger partial charge in [-0.05, 0) is 6.42 Å². The molecule has 0 aliphatic carbocycles. The van der Waals surface area contributed by atoms with E-state index in [-0.39, 0.29) is 18.1 Å². The Morgan fingerprint density at radius 3 is 2.64 bits per heavy atom. The molecule has 0 radical (unpaired) electrons. The molecule has 5 heteroatoms. The largest absolute Gasteiger partial charge is 0.480 e. The maximum Gasteiger partial charge on any atom is 0.320 e. The van der Waals surface area contributed by atoms with Gasteiger partial charge in [-0.3, -0.25) is 4.79 Å². The van der Waals surface area contributed by atoms with Crippen LogP contribution >= 0.6 is 11.6 Å². The van der Waals surface area contributed by atoms with Crippen molar-refractivity contribution in [3.63, 3.8) is 0 Å². The first-order valence-electron chi connectivity index (χ1n) is 3.01. The molecule has 1 atom stereocenters. The van der Waals surface area contributed by atoms with E-state index in [0.29, 0.717) is 0 Å². The number of aliphatic hydroxyl groups excluding tert-OH is 1. The van der Waals surface area contributed by atoms with Crippen LogP contribution in [-0.2, 0) is 4.79 Å². The average Bonchev–Trinajstić information content (AvgIpc) is 1.99. The number of nitrogens with two attached hydrogens (primary N) is 1. The second-order valence-corrected chi connectivity index (χ2v) is 2.48. The predicted molar refractivity (Wildman–Crippen MR) is 41.3 cm³/mol. The molecule has 0 fully saturated rings. The molecule has 4 N–H and O–H groups in total. The molecule has 0 spiro atoms. The lowest BCUT2D eigenvalue weighted by atomic mass is 10.2. The summed E-state index contributed by atoms with van der Waals surface area (Å²) in [7, 11) is 0. The zero-order valence-electron chi connectivity index (χ0n) is 5.83. The van der Waals surface area contributed by atoms with E-state index >= 15 is 0 Å². The summed E-state index contributed by atoms with van der Waals surface area (Å²) in [5.74, 6) is -1.08. The molecule has 1 unspecified atom stereocenters. The Labute approximate surface area is 69.3 Å². The normalized spacial score (nSPS) is 14.6. The van der Waals surface area contributed by atoms with Crippen LogP contribution in [0.2, 0.25) is 0 Å². The summed E-state index contributed by atoms with van der Waals surface area (Å²) in [5.41, 5.74) is 5.14. The fraction of sp³-hybridized carbons (Fsp3) is 0.500. The molecule has 0 heterocycles. The smallest absolute Gasteiger partial charge is 0.320 e. The van der Waals surface area contributed by atoms with E-state index in [1.165, 1.54) is 6.08 Å². The van der Waals surface area contributed by atoms with Crippen molar-refractivity contribution in [3.8, 4) is 0 Å². The zero-order chi connectivity index (χ0) is 8.85. The summed E-state index contributed by atoms with van der Waals surface area (Å²) in [5, 5.41) is 16.9. The van der Waals surface area contributed by atoms with Gasteiger partial charge in [-0.25, -0.2) is 0 Å². The first-order valence-corrected chi connectivity index (χ1v) is 3.39. The second kappa shape index (κ2) is 5.12. The van der Waals surface area contributed by atoms with Crippen LogP contribution in [-0.4, -0.2) is 28.8 Å². The van der Waals surface area contributed by atoms with E-state index in [2.05, 4.69) is 0 Å². The number of carboxylic acids is 1. The number of carbonyl (C=O) groups is 1. The van der Waals surface area contributed by atoms with Gasteiger partial charge in [0.15, 0.2) is 0 Å². The highest BCUT2D eigenvalue weighted by atomic mass is 35.5. The van der Waals surface area contributed by atoms with Crippen molar-refractivity contribution in [2.45, 2.75) is 12.5 Å². The number of aliphatic hydroxyl groups is 1. The lowest BCUT2D eigenvalue weighted by Crippen LogP contribution is -2.29. The first kappa shape index (κ1) is 10.4. The number of aliphatic carboxylic acids is 1. The molecule has 64 valence electrons. The summed E-state index contributed by atoms with van der Waals surface area (Å²) in [6.45, 7) is -0.284. The molecule has 0 bridgehead atoms. The molecule has 0 saturated carbocycles. The molecule has 0 aromatic carbocycles. The number of halogens is 1. The molecular formula is C6H10ClNO3. The van der Waals surface area contributed by atoms with E-state index in [1.54, 1.807) is 0 Å². The standard InChI is InChI=1S/C6H10ClNO3/c7-4(3-9)1-2-5(8)6(10)11/h1,5,9H,2-3,8H2,(H,10,11)/b4-1+. The average molecular weight is 180 g/mol. The number of carboxylic acid groups (broad SMARTS) is 1. The molecule has 0 aromatic rings. The summed E-state index contributed by atoms with van der Waals surface area (Å²) in [6.07, 6.45) is 1.52. The second-order valence-electron chi connectivity index (χ2n) is 1.99.